The van der Waals surface area contributed by atoms with E-state index in [2.05, 4.69) is 5.16 Å². The van der Waals surface area contributed by atoms with Gasteiger partial charge >= 0.3 is 5.97 Å². The van der Waals surface area contributed by atoms with Crippen LogP contribution in [-0.4, -0.2) is 37.2 Å². The first-order valence-corrected chi connectivity index (χ1v) is 6.16. The molecule has 1 aromatic carbocycles. The van der Waals surface area contributed by atoms with Crippen LogP contribution in [0.4, 0.5) is 4.39 Å². The average molecular weight is 283 g/mol. The first-order chi connectivity index (χ1) is 9.58. The van der Waals surface area contributed by atoms with Crippen LogP contribution in [0.25, 0.3) is 0 Å². The van der Waals surface area contributed by atoms with E-state index < -0.39 is 18.6 Å². The Kier molecular flexibility index (Phi) is 6.49. The SMILES string of the molecule is COC(=O)C(Cc1ccc(O)cc1)/C(C)=N/OCCF. The lowest BCUT2D eigenvalue weighted by atomic mass is 9.95. The third-order valence-corrected chi connectivity index (χ3v) is 2.74. The summed E-state index contributed by atoms with van der Waals surface area (Å²) in [4.78, 5) is 16.5. The van der Waals surface area contributed by atoms with Gasteiger partial charge in [0.05, 0.1) is 12.8 Å². The maximum atomic E-state index is 11.9. The molecule has 0 radical (unpaired) electrons. The van der Waals surface area contributed by atoms with Crippen molar-refractivity contribution in [3.05, 3.63) is 29.8 Å². The predicted octanol–water partition coefficient (Wildman–Crippen LogP) is 2.09. The van der Waals surface area contributed by atoms with Crippen LogP contribution in [0.5, 0.6) is 5.75 Å². The summed E-state index contributed by atoms with van der Waals surface area (Å²) in [5.41, 5.74) is 1.26. The summed E-state index contributed by atoms with van der Waals surface area (Å²) in [5, 5.41) is 13.0. The maximum absolute atomic E-state index is 11.9. The van der Waals surface area contributed by atoms with Crippen LogP contribution < -0.4 is 0 Å². The Morgan fingerprint density at radius 3 is 2.60 bits per heavy atom. The normalized spacial score (nSPS) is 12.8. The third kappa shape index (κ3) is 4.87. The molecule has 0 aliphatic carbocycles. The number of benzene rings is 1. The maximum Gasteiger partial charge on any atom is 0.314 e. The molecule has 0 saturated carbocycles. The second-order valence-corrected chi connectivity index (χ2v) is 4.20. The predicted molar refractivity (Wildman–Crippen MR) is 72.4 cm³/mol. The smallest absolute Gasteiger partial charge is 0.314 e. The summed E-state index contributed by atoms with van der Waals surface area (Å²) in [6, 6.07) is 6.49. The molecule has 1 unspecified atom stereocenters. The van der Waals surface area contributed by atoms with Gasteiger partial charge in [0, 0.05) is 0 Å². The van der Waals surface area contributed by atoms with E-state index in [1.54, 1.807) is 19.1 Å². The number of carbonyl (C=O) groups is 1. The zero-order valence-electron chi connectivity index (χ0n) is 11.5. The van der Waals surface area contributed by atoms with Gasteiger partial charge in [0.1, 0.15) is 24.9 Å². The number of nitrogens with zero attached hydrogens (tertiary/aromatic N) is 1. The van der Waals surface area contributed by atoms with Crippen molar-refractivity contribution in [2.24, 2.45) is 11.1 Å². The molecule has 0 spiro atoms. The summed E-state index contributed by atoms with van der Waals surface area (Å²) in [7, 11) is 1.29. The van der Waals surface area contributed by atoms with Crippen molar-refractivity contribution in [3.63, 3.8) is 0 Å². The molecule has 110 valence electrons. The lowest BCUT2D eigenvalue weighted by Crippen LogP contribution is -2.26. The van der Waals surface area contributed by atoms with Crippen molar-refractivity contribution >= 4 is 11.7 Å². The van der Waals surface area contributed by atoms with Crippen LogP contribution >= 0.6 is 0 Å². The fourth-order valence-corrected chi connectivity index (χ4v) is 1.66. The Morgan fingerprint density at radius 1 is 1.40 bits per heavy atom. The fourth-order valence-electron chi connectivity index (χ4n) is 1.66. The number of hydrogen-bond donors (Lipinski definition) is 1. The molecule has 1 atom stereocenters. The summed E-state index contributed by atoms with van der Waals surface area (Å²) in [6.07, 6.45) is 0.362. The Labute approximate surface area is 117 Å². The van der Waals surface area contributed by atoms with Gasteiger partial charge in [-0.1, -0.05) is 17.3 Å². The second kappa shape index (κ2) is 8.14. The number of rotatable bonds is 7. The van der Waals surface area contributed by atoms with Crippen molar-refractivity contribution in [3.8, 4) is 5.75 Å². The van der Waals surface area contributed by atoms with E-state index in [1.165, 1.54) is 19.2 Å². The van der Waals surface area contributed by atoms with Gasteiger partial charge in [0.25, 0.3) is 0 Å². The number of esters is 1. The summed E-state index contributed by atoms with van der Waals surface area (Å²) >= 11 is 0. The highest BCUT2D eigenvalue weighted by molar-refractivity contribution is 6.00. The third-order valence-electron chi connectivity index (χ3n) is 2.74. The molecule has 0 saturated heterocycles. The Hall–Kier alpha value is -2.11. The molecule has 0 aliphatic rings. The molecule has 1 rings (SSSR count). The molecule has 0 bridgehead atoms. The molecular weight excluding hydrogens is 265 g/mol. The number of aromatic hydroxyl groups is 1. The van der Waals surface area contributed by atoms with Crippen molar-refractivity contribution in [2.75, 3.05) is 20.4 Å². The molecule has 5 nitrogen and oxygen atoms in total. The summed E-state index contributed by atoms with van der Waals surface area (Å²) < 4.78 is 16.7. The number of halogens is 1. The first-order valence-electron chi connectivity index (χ1n) is 6.16. The number of alkyl halides is 1. The standard InChI is InChI=1S/C14H18FNO4/c1-10(16-20-8-7-15)13(14(18)19-2)9-11-3-5-12(17)6-4-11/h3-6,13,17H,7-9H2,1-2H3/b16-10+. The van der Waals surface area contributed by atoms with Gasteiger partial charge in [-0.15, -0.1) is 0 Å². The Bertz CT molecular complexity index is 459. The van der Waals surface area contributed by atoms with E-state index >= 15 is 0 Å². The number of phenols is 1. The fraction of sp³-hybridized carbons (Fsp3) is 0.429. The highest BCUT2D eigenvalue weighted by Crippen LogP contribution is 2.16. The number of hydrogen-bond acceptors (Lipinski definition) is 5. The van der Waals surface area contributed by atoms with Gasteiger partial charge in [-0.05, 0) is 31.0 Å². The Balaban J connectivity index is 2.81. The van der Waals surface area contributed by atoms with E-state index in [1.807, 2.05) is 0 Å². The van der Waals surface area contributed by atoms with Crippen LogP contribution in [0, 0.1) is 5.92 Å². The summed E-state index contributed by atoms with van der Waals surface area (Å²) in [6.45, 7) is 0.836. The number of methoxy groups -OCH3 is 1. The minimum Gasteiger partial charge on any atom is -0.508 e. The molecule has 0 aromatic heterocycles. The van der Waals surface area contributed by atoms with Gasteiger partial charge in [0.2, 0.25) is 0 Å². The largest absolute Gasteiger partial charge is 0.508 e. The van der Waals surface area contributed by atoms with E-state index in [0.29, 0.717) is 12.1 Å². The molecule has 0 amide bonds. The van der Waals surface area contributed by atoms with Crippen LogP contribution in [0.2, 0.25) is 0 Å². The van der Waals surface area contributed by atoms with Crippen LogP contribution in [-0.2, 0) is 20.8 Å². The lowest BCUT2D eigenvalue weighted by Gasteiger charge is -2.14. The van der Waals surface area contributed by atoms with Crippen LogP contribution in [0.1, 0.15) is 12.5 Å². The van der Waals surface area contributed by atoms with Crippen molar-refractivity contribution < 1.29 is 23.9 Å². The van der Waals surface area contributed by atoms with Crippen LogP contribution in [0.3, 0.4) is 0 Å². The number of phenolic OH excluding ortho intramolecular Hbond substituents is 1. The molecule has 0 fully saturated rings. The number of carbonyl (C=O) groups excluding carboxylic acids is 1. The second-order valence-electron chi connectivity index (χ2n) is 4.20. The van der Waals surface area contributed by atoms with E-state index in [0.717, 1.165) is 5.56 Å². The monoisotopic (exact) mass is 283 g/mol. The highest BCUT2D eigenvalue weighted by Gasteiger charge is 2.23. The van der Waals surface area contributed by atoms with Gasteiger partial charge in [0.15, 0.2) is 0 Å². The van der Waals surface area contributed by atoms with Gasteiger partial charge in [-0.2, -0.15) is 0 Å². The van der Waals surface area contributed by atoms with Crippen molar-refractivity contribution in [2.45, 2.75) is 13.3 Å². The summed E-state index contributed by atoms with van der Waals surface area (Å²) in [5.74, 6) is -0.896. The molecule has 1 aromatic rings. The van der Waals surface area contributed by atoms with E-state index in [4.69, 9.17) is 9.57 Å². The minimum atomic E-state index is -0.641. The molecule has 0 aliphatic heterocycles. The average Bonchev–Trinajstić information content (AvgIpc) is 2.46. The zero-order valence-corrected chi connectivity index (χ0v) is 11.5. The molecular formula is C14H18FNO4. The van der Waals surface area contributed by atoms with Crippen LogP contribution in [0.15, 0.2) is 29.4 Å². The first kappa shape index (κ1) is 15.9. The van der Waals surface area contributed by atoms with Gasteiger partial charge < -0.3 is 14.7 Å². The Morgan fingerprint density at radius 2 is 2.05 bits per heavy atom. The van der Waals surface area contributed by atoms with E-state index in [9.17, 15) is 14.3 Å². The van der Waals surface area contributed by atoms with Crippen molar-refractivity contribution in [1.82, 2.24) is 0 Å². The lowest BCUT2D eigenvalue weighted by molar-refractivity contribution is -0.143. The number of ether oxygens (including phenoxy) is 1. The minimum absolute atomic E-state index is 0.148. The molecule has 1 N–H and O–H groups in total. The quantitative estimate of drug-likeness (QED) is 0.360. The van der Waals surface area contributed by atoms with Gasteiger partial charge in [-0.25, -0.2) is 4.39 Å². The highest BCUT2D eigenvalue weighted by atomic mass is 19.1. The van der Waals surface area contributed by atoms with Crippen molar-refractivity contribution in [1.29, 1.82) is 0 Å². The van der Waals surface area contributed by atoms with E-state index in [-0.39, 0.29) is 12.4 Å². The zero-order chi connectivity index (χ0) is 15.0. The topological polar surface area (TPSA) is 68.1 Å². The number of oxime groups is 1. The molecule has 20 heavy (non-hydrogen) atoms. The molecule has 0 heterocycles. The molecule has 6 heteroatoms. The van der Waals surface area contributed by atoms with Gasteiger partial charge in [-0.3, -0.25) is 4.79 Å².